The molecule has 4 aromatic rings. The second-order valence-corrected chi connectivity index (χ2v) is 8.56. The zero-order valence-electron chi connectivity index (χ0n) is 18.5. The zero-order chi connectivity index (χ0) is 23.0. The van der Waals surface area contributed by atoms with E-state index in [1.807, 2.05) is 39.8 Å². The number of H-pyrrole nitrogens is 1. The van der Waals surface area contributed by atoms with Gasteiger partial charge in [0.1, 0.15) is 11.3 Å². The summed E-state index contributed by atoms with van der Waals surface area (Å²) in [4.78, 5) is 28.4. The number of rotatable bonds is 6. The smallest absolute Gasteiger partial charge is 0.337 e. The molecule has 0 spiro atoms. The molecule has 2 aromatic carbocycles. The van der Waals surface area contributed by atoms with E-state index < -0.39 is 5.63 Å². The first kappa shape index (κ1) is 22.0. The van der Waals surface area contributed by atoms with E-state index in [-0.39, 0.29) is 17.6 Å². The topological polar surface area (TPSA) is 84.3 Å². The summed E-state index contributed by atoms with van der Waals surface area (Å²) in [5, 5.41) is 5.15. The van der Waals surface area contributed by atoms with Gasteiger partial charge in [0.15, 0.2) is 0 Å². The minimum absolute atomic E-state index is 0.0177. The number of fused-ring (bicyclic) bond motifs is 2. The summed E-state index contributed by atoms with van der Waals surface area (Å²) in [5.74, 6) is 0.246. The minimum Gasteiger partial charge on any atom is -0.491 e. The summed E-state index contributed by atoms with van der Waals surface area (Å²) in [6.45, 7) is 8.25. The SMILES string of the molecule is Cc1[nH]c2c(C)ccc(Cl)c2c1CCNC(=O)c1cc(=O)oc2cc(OC(C)C)ccc12. The molecule has 1 amide bonds. The summed E-state index contributed by atoms with van der Waals surface area (Å²) in [6.07, 6.45) is 0.586. The van der Waals surface area contributed by atoms with Gasteiger partial charge in [0.05, 0.1) is 22.2 Å². The third-order valence-electron chi connectivity index (χ3n) is 5.42. The van der Waals surface area contributed by atoms with Crippen molar-refractivity contribution in [3.8, 4) is 5.75 Å². The second-order valence-electron chi connectivity index (χ2n) is 8.15. The molecule has 2 heterocycles. The molecule has 0 aliphatic heterocycles. The molecule has 7 heteroatoms. The number of carbonyl (C=O) groups is 1. The van der Waals surface area contributed by atoms with Crippen LogP contribution in [0.1, 0.15) is 41.0 Å². The average Bonchev–Trinajstić information content (AvgIpc) is 3.07. The van der Waals surface area contributed by atoms with E-state index >= 15 is 0 Å². The molecule has 0 atom stereocenters. The van der Waals surface area contributed by atoms with Gasteiger partial charge in [-0.2, -0.15) is 0 Å². The normalized spacial score (nSPS) is 11.4. The summed E-state index contributed by atoms with van der Waals surface area (Å²) in [6, 6.07) is 10.2. The number of ether oxygens (including phenoxy) is 1. The molecule has 2 N–H and O–H groups in total. The van der Waals surface area contributed by atoms with Crippen LogP contribution in [0, 0.1) is 13.8 Å². The highest BCUT2D eigenvalue weighted by Crippen LogP contribution is 2.31. The maximum absolute atomic E-state index is 12.9. The molecule has 0 aliphatic rings. The number of hydrogen-bond donors (Lipinski definition) is 2. The largest absolute Gasteiger partial charge is 0.491 e. The molecule has 166 valence electrons. The van der Waals surface area contributed by atoms with E-state index in [0.29, 0.717) is 34.7 Å². The number of aryl methyl sites for hydroxylation is 2. The van der Waals surface area contributed by atoms with Gasteiger partial charge >= 0.3 is 5.63 Å². The van der Waals surface area contributed by atoms with E-state index in [1.165, 1.54) is 6.07 Å². The fourth-order valence-electron chi connectivity index (χ4n) is 3.97. The average molecular weight is 453 g/mol. The molecule has 0 aliphatic carbocycles. The Labute approximate surface area is 190 Å². The van der Waals surface area contributed by atoms with Crippen LogP contribution in [-0.4, -0.2) is 23.5 Å². The Morgan fingerprint density at radius 3 is 2.72 bits per heavy atom. The van der Waals surface area contributed by atoms with Crippen LogP contribution < -0.4 is 15.7 Å². The van der Waals surface area contributed by atoms with Crippen LogP contribution >= 0.6 is 11.6 Å². The van der Waals surface area contributed by atoms with Gasteiger partial charge in [-0.3, -0.25) is 4.79 Å². The van der Waals surface area contributed by atoms with Crippen LogP contribution in [0.2, 0.25) is 5.02 Å². The quantitative estimate of drug-likeness (QED) is 0.388. The first-order valence-electron chi connectivity index (χ1n) is 10.5. The van der Waals surface area contributed by atoms with Crippen molar-refractivity contribution >= 4 is 39.4 Å². The Morgan fingerprint density at radius 2 is 1.97 bits per heavy atom. The van der Waals surface area contributed by atoms with Crippen molar-refractivity contribution in [2.24, 2.45) is 0 Å². The zero-order valence-corrected chi connectivity index (χ0v) is 19.2. The minimum atomic E-state index is -0.584. The Hall–Kier alpha value is -3.25. The van der Waals surface area contributed by atoms with Gasteiger partial charge in [-0.15, -0.1) is 0 Å². The van der Waals surface area contributed by atoms with Gasteiger partial charge in [-0.05, 0) is 63.4 Å². The van der Waals surface area contributed by atoms with Crippen molar-refractivity contribution in [3.63, 3.8) is 0 Å². The number of benzene rings is 2. The summed E-state index contributed by atoms with van der Waals surface area (Å²) in [7, 11) is 0. The Kier molecular flexibility index (Phi) is 5.98. The number of aromatic amines is 1. The van der Waals surface area contributed by atoms with E-state index in [9.17, 15) is 9.59 Å². The van der Waals surface area contributed by atoms with Gasteiger partial charge in [-0.25, -0.2) is 4.79 Å². The highest BCUT2D eigenvalue weighted by atomic mass is 35.5. The van der Waals surface area contributed by atoms with Crippen LogP contribution in [0.4, 0.5) is 0 Å². The summed E-state index contributed by atoms with van der Waals surface area (Å²) in [5.41, 5.74) is 4.23. The molecule has 0 unspecified atom stereocenters. The van der Waals surface area contributed by atoms with E-state index in [1.54, 1.807) is 18.2 Å². The maximum atomic E-state index is 12.9. The molecule has 0 saturated carbocycles. The predicted molar refractivity (Wildman–Crippen MR) is 127 cm³/mol. The second kappa shape index (κ2) is 8.71. The van der Waals surface area contributed by atoms with Crippen molar-refractivity contribution in [1.29, 1.82) is 0 Å². The van der Waals surface area contributed by atoms with Crippen molar-refractivity contribution in [2.75, 3.05) is 6.54 Å². The lowest BCUT2D eigenvalue weighted by atomic mass is 10.1. The lowest BCUT2D eigenvalue weighted by Crippen LogP contribution is -2.27. The molecule has 6 nitrogen and oxygen atoms in total. The first-order valence-corrected chi connectivity index (χ1v) is 10.9. The molecule has 0 bridgehead atoms. The van der Waals surface area contributed by atoms with Crippen molar-refractivity contribution in [2.45, 2.75) is 40.2 Å². The van der Waals surface area contributed by atoms with E-state index in [0.717, 1.165) is 27.7 Å². The number of carbonyl (C=O) groups excluding carboxylic acids is 1. The lowest BCUT2D eigenvalue weighted by Gasteiger charge is -2.11. The standard InChI is InChI=1S/C25H25ClN2O4/c1-13(2)31-16-6-7-18-19(12-22(29)32-21(18)11-16)25(30)27-10-9-17-15(4)28-24-14(3)5-8-20(26)23(17)24/h5-8,11-13,28H,9-10H2,1-4H3,(H,27,30). The van der Waals surface area contributed by atoms with Gasteiger partial charge in [-0.1, -0.05) is 17.7 Å². The highest BCUT2D eigenvalue weighted by Gasteiger charge is 2.16. The number of nitrogens with one attached hydrogen (secondary N) is 2. The van der Waals surface area contributed by atoms with Gasteiger partial charge in [0.25, 0.3) is 5.91 Å². The fraction of sp³-hybridized carbons (Fsp3) is 0.280. The molecular formula is C25H25ClN2O4. The molecule has 2 aromatic heterocycles. The molecule has 0 fully saturated rings. The highest BCUT2D eigenvalue weighted by molar-refractivity contribution is 6.35. The van der Waals surface area contributed by atoms with Gasteiger partial charge in [0.2, 0.25) is 0 Å². The first-order chi connectivity index (χ1) is 15.2. The molecule has 4 rings (SSSR count). The fourth-order valence-corrected chi connectivity index (χ4v) is 4.24. The summed E-state index contributed by atoms with van der Waals surface area (Å²) >= 11 is 6.45. The van der Waals surface area contributed by atoms with Crippen molar-refractivity contribution in [1.82, 2.24) is 10.3 Å². The monoisotopic (exact) mass is 452 g/mol. The van der Waals surface area contributed by atoms with Crippen LogP contribution in [0.3, 0.4) is 0 Å². The van der Waals surface area contributed by atoms with Crippen LogP contribution in [0.25, 0.3) is 21.9 Å². The van der Waals surface area contributed by atoms with Crippen molar-refractivity contribution in [3.05, 3.63) is 74.2 Å². The number of aromatic nitrogens is 1. The van der Waals surface area contributed by atoms with Crippen LogP contribution in [0.5, 0.6) is 5.75 Å². The van der Waals surface area contributed by atoms with Gasteiger partial charge < -0.3 is 19.5 Å². The third-order valence-corrected chi connectivity index (χ3v) is 5.74. The van der Waals surface area contributed by atoms with Crippen LogP contribution in [-0.2, 0) is 6.42 Å². The number of halogens is 1. The summed E-state index contributed by atoms with van der Waals surface area (Å²) < 4.78 is 10.9. The van der Waals surface area contributed by atoms with Gasteiger partial charge in [0, 0.05) is 35.1 Å². The predicted octanol–water partition coefficient (Wildman–Crippen LogP) is 5.30. The molecule has 0 radical (unpaired) electrons. The Morgan fingerprint density at radius 1 is 1.19 bits per heavy atom. The molecular weight excluding hydrogens is 428 g/mol. The lowest BCUT2D eigenvalue weighted by molar-refractivity contribution is 0.0955. The Balaban J connectivity index is 1.56. The van der Waals surface area contributed by atoms with E-state index in [4.69, 9.17) is 20.8 Å². The third kappa shape index (κ3) is 4.23. The van der Waals surface area contributed by atoms with E-state index in [2.05, 4.69) is 10.3 Å². The Bertz CT molecular complexity index is 1380. The molecule has 0 saturated heterocycles. The molecule has 32 heavy (non-hydrogen) atoms. The maximum Gasteiger partial charge on any atom is 0.337 e. The van der Waals surface area contributed by atoms with Crippen LogP contribution in [0.15, 0.2) is 45.6 Å². The number of amides is 1. The number of hydrogen-bond acceptors (Lipinski definition) is 4. The van der Waals surface area contributed by atoms with Crippen molar-refractivity contribution < 1.29 is 13.9 Å².